The minimum Gasteiger partial charge on any atom is -0.504 e. The van der Waals surface area contributed by atoms with Gasteiger partial charge < -0.3 is 54.7 Å². The van der Waals surface area contributed by atoms with Gasteiger partial charge in [-0.25, -0.2) is 9.59 Å². The molecular formula is C25H30O13. The van der Waals surface area contributed by atoms with E-state index in [0.29, 0.717) is 5.56 Å². The number of hydrogen-bond acceptors (Lipinski definition) is 12. The lowest BCUT2D eigenvalue weighted by Crippen LogP contribution is -2.60. The molecule has 0 radical (unpaired) electrons. The van der Waals surface area contributed by atoms with Crippen LogP contribution in [0.4, 0.5) is 0 Å². The highest BCUT2D eigenvalue weighted by Crippen LogP contribution is 2.36. The van der Waals surface area contributed by atoms with Crippen LogP contribution in [-0.2, 0) is 28.5 Å². The van der Waals surface area contributed by atoms with Crippen molar-refractivity contribution in [2.75, 3.05) is 13.2 Å². The maximum absolute atomic E-state index is 12.1. The van der Waals surface area contributed by atoms with E-state index >= 15 is 0 Å². The first kappa shape index (κ1) is 29.1. The molecule has 0 spiro atoms. The van der Waals surface area contributed by atoms with Crippen molar-refractivity contribution in [3.63, 3.8) is 0 Å². The number of carboxylic acids is 1. The molecule has 7 N–H and O–H groups in total. The van der Waals surface area contributed by atoms with Crippen molar-refractivity contribution in [3.05, 3.63) is 54.3 Å². The molecule has 3 rings (SSSR count). The summed E-state index contributed by atoms with van der Waals surface area (Å²) in [5.74, 6) is -4.33. The van der Waals surface area contributed by atoms with Gasteiger partial charge in [-0.1, -0.05) is 12.1 Å². The Morgan fingerprint density at radius 1 is 1.05 bits per heavy atom. The van der Waals surface area contributed by atoms with Crippen molar-refractivity contribution in [1.29, 1.82) is 0 Å². The minimum absolute atomic E-state index is 0.0201. The van der Waals surface area contributed by atoms with Gasteiger partial charge in [0, 0.05) is 17.9 Å². The number of hydrogen-bond donors (Lipinski definition) is 7. The van der Waals surface area contributed by atoms with E-state index < -0.39 is 67.4 Å². The normalized spacial score (nSPS) is 31.3. The maximum Gasteiger partial charge on any atom is 0.334 e. The Balaban J connectivity index is 1.65. The summed E-state index contributed by atoms with van der Waals surface area (Å²) < 4.78 is 21.6. The third-order valence-corrected chi connectivity index (χ3v) is 6.23. The number of aromatic hydroxyl groups is 2. The van der Waals surface area contributed by atoms with Crippen LogP contribution in [0.2, 0.25) is 0 Å². The summed E-state index contributed by atoms with van der Waals surface area (Å²) >= 11 is 0. The number of rotatable bonds is 10. The van der Waals surface area contributed by atoms with E-state index in [2.05, 4.69) is 6.58 Å². The van der Waals surface area contributed by atoms with Crippen LogP contribution in [-0.4, -0.2) is 97.9 Å². The smallest absolute Gasteiger partial charge is 0.334 e. The van der Waals surface area contributed by atoms with Crippen LogP contribution >= 0.6 is 0 Å². The Labute approximate surface area is 217 Å². The van der Waals surface area contributed by atoms with E-state index in [0.717, 1.165) is 12.3 Å². The Hall–Kier alpha value is -3.46. The molecule has 208 valence electrons. The van der Waals surface area contributed by atoms with Crippen molar-refractivity contribution in [3.8, 4) is 11.5 Å². The molecule has 38 heavy (non-hydrogen) atoms. The van der Waals surface area contributed by atoms with E-state index in [-0.39, 0.29) is 30.1 Å². The summed E-state index contributed by atoms with van der Waals surface area (Å²) in [7, 11) is 0. The Bertz CT molecular complexity index is 1070. The van der Waals surface area contributed by atoms with Gasteiger partial charge in [0.1, 0.15) is 24.4 Å². The zero-order chi connectivity index (χ0) is 28.0. The fraction of sp³-hybridized carbons (Fsp3) is 0.440. The summed E-state index contributed by atoms with van der Waals surface area (Å²) in [5, 5.41) is 68.1. The van der Waals surface area contributed by atoms with Gasteiger partial charge >= 0.3 is 11.9 Å². The average Bonchev–Trinajstić information content (AvgIpc) is 2.89. The molecule has 8 atom stereocenters. The van der Waals surface area contributed by atoms with Crippen molar-refractivity contribution in [2.24, 2.45) is 11.8 Å². The second kappa shape index (κ2) is 12.9. The predicted octanol–water partition coefficient (Wildman–Crippen LogP) is -0.396. The van der Waals surface area contributed by atoms with Crippen LogP contribution in [0.1, 0.15) is 12.0 Å². The quantitative estimate of drug-likeness (QED) is 0.0876. The number of carbonyl (C=O) groups is 2. The zero-order valence-electron chi connectivity index (χ0n) is 20.1. The molecule has 2 aliphatic heterocycles. The lowest BCUT2D eigenvalue weighted by atomic mass is 9.82. The van der Waals surface area contributed by atoms with Crippen LogP contribution in [0, 0.1) is 11.8 Å². The molecule has 2 heterocycles. The minimum atomic E-state index is -1.70. The first-order valence-electron chi connectivity index (χ1n) is 11.6. The molecule has 0 aromatic heterocycles. The number of carbonyl (C=O) groups excluding carboxylic acids is 1. The second-order valence-electron chi connectivity index (χ2n) is 8.67. The number of aliphatic hydroxyl groups excluding tert-OH is 4. The number of phenols is 2. The molecule has 1 aromatic rings. The SMILES string of the molecule is C=C[C@@H]1[C@@H](O[C@H]2O[C@@H](CO)[C@H](O)[C@@H](O)[C@@H]2O)OC=C(C(=O)O)[C@H]1CCOC(=O)C=Cc1ccc(O)c(O)c1. The number of phenolic OH excluding ortho intramolecular Hbond substituents is 2. The van der Waals surface area contributed by atoms with Crippen LogP contribution in [0.15, 0.2) is 48.8 Å². The van der Waals surface area contributed by atoms with Gasteiger partial charge in [-0.15, -0.1) is 6.58 Å². The molecule has 2 aliphatic rings. The molecule has 13 nitrogen and oxygen atoms in total. The number of benzene rings is 1. The van der Waals surface area contributed by atoms with Gasteiger partial charge in [-0.3, -0.25) is 0 Å². The monoisotopic (exact) mass is 538 g/mol. The predicted molar refractivity (Wildman–Crippen MR) is 127 cm³/mol. The van der Waals surface area contributed by atoms with E-state index in [4.69, 9.17) is 18.9 Å². The first-order chi connectivity index (χ1) is 18.1. The molecule has 0 amide bonds. The van der Waals surface area contributed by atoms with E-state index in [9.17, 15) is 45.3 Å². The fourth-order valence-electron chi connectivity index (χ4n) is 4.13. The Kier molecular flexibility index (Phi) is 9.85. The number of esters is 1. The molecule has 0 aliphatic carbocycles. The van der Waals surface area contributed by atoms with Gasteiger partial charge in [0.25, 0.3) is 0 Å². The van der Waals surface area contributed by atoms with Crippen molar-refractivity contribution in [1.82, 2.24) is 0 Å². The van der Waals surface area contributed by atoms with Crippen LogP contribution in [0.3, 0.4) is 0 Å². The summed E-state index contributed by atoms with van der Waals surface area (Å²) in [6, 6.07) is 3.97. The van der Waals surface area contributed by atoms with Crippen LogP contribution < -0.4 is 0 Å². The third-order valence-electron chi connectivity index (χ3n) is 6.23. The van der Waals surface area contributed by atoms with Gasteiger partial charge in [-0.05, 0) is 30.2 Å². The Morgan fingerprint density at radius 2 is 1.79 bits per heavy atom. The van der Waals surface area contributed by atoms with Gasteiger partial charge in [0.05, 0.1) is 25.0 Å². The summed E-state index contributed by atoms with van der Waals surface area (Å²) in [6.45, 7) is 2.83. The maximum atomic E-state index is 12.1. The van der Waals surface area contributed by atoms with Gasteiger partial charge in [0.2, 0.25) is 6.29 Å². The van der Waals surface area contributed by atoms with Crippen LogP contribution in [0.25, 0.3) is 6.08 Å². The number of aliphatic hydroxyl groups is 4. The second-order valence-corrected chi connectivity index (χ2v) is 8.67. The summed E-state index contributed by atoms with van der Waals surface area (Å²) in [5.41, 5.74) is 0.285. The van der Waals surface area contributed by atoms with E-state index in [1.807, 2.05) is 0 Å². The Morgan fingerprint density at radius 3 is 2.42 bits per heavy atom. The topological polar surface area (TPSA) is 213 Å². The highest BCUT2D eigenvalue weighted by atomic mass is 16.8. The average molecular weight is 539 g/mol. The highest BCUT2D eigenvalue weighted by molar-refractivity contribution is 5.88. The molecule has 0 saturated carbocycles. The molecule has 1 aromatic carbocycles. The van der Waals surface area contributed by atoms with Crippen molar-refractivity contribution < 1.29 is 64.3 Å². The fourth-order valence-corrected chi connectivity index (χ4v) is 4.13. The first-order valence-corrected chi connectivity index (χ1v) is 11.6. The standard InChI is InChI=1S/C25H30O13/c1-2-13-14(7-8-35-19(29)6-4-12-3-5-16(27)17(28)9-12)15(23(33)34)11-36-24(13)38-25-22(32)21(31)20(30)18(10-26)37-25/h2-6,9,11,13-14,18,20-22,24-28,30-32H,1,7-8,10H2,(H,33,34)/t13-,14-,18-,20-,21+,22-,24+,25+/m0/s1. The van der Waals surface area contributed by atoms with Crippen LogP contribution in [0.5, 0.6) is 11.5 Å². The van der Waals surface area contributed by atoms with Gasteiger partial charge in [0.15, 0.2) is 17.8 Å². The number of carboxylic acid groups (broad SMARTS) is 1. The number of aliphatic carboxylic acids is 1. The van der Waals surface area contributed by atoms with Crippen molar-refractivity contribution >= 4 is 18.0 Å². The highest BCUT2D eigenvalue weighted by Gasteiger charge is 2.47. The summed E-state index contributed by atoms with van der Waals surface area (Å²) in [4.78, 5) is 23.9. The molecule has 1 saturated heterocycles. The number of ether oxygens (including phenoxy) is 4. The molecule has 0 unspecified atom stereocenters. The molecular weight excluding hydrogens is 508 g/mol. The lowest BCUT2D eigenvalue weighted by molar-refractivity contribution is -0.339. The molecule has 1 fully saturated rings. The third kappa shape index (κ3) is 6.69. The lowest BCUT2D eigenvalue weighted by Gasteiger charge is -2.43. The molecule has 13 heteroatoms. The van der Waals surface area contributed by atoms with E-state index in [1.165, 1.54) is 30.4 Å². The summed E-state index contributed by atoms with van der Waals surface area (Å²) in [6.07, 6.45) is -4.16. The van der Waals surface area contributed by atoms with Crippen molar-refractivity contribution in [2.45, 2.75) is 43.4 Å². The molecule has 0 bridgehead atoms. The largest absolute Gasteiger partial charge is 0.504 e. The van der Waals surface area contributed by atoms with E-state index in [1.54, 1.807) is 0 Å². The van der Waals surface area contributed by atoms with Gasteiger partial charge in [-0.2, -0.15) is 0 Å². The zero-order valence-corrected chi connectivity index (χ0v) is 20.1.